The Morgan fingerprint density at radius 1 is 1.53 bits per heavy atom. The third-order valence-electron chi connectivity index (χ3n) is 1.55. The minimum atomic E-state index is -1.36. The van der Waals surface area contributed by atoms with Gasteiger partial charge in [-0.15, -0.1) is 0 Å². The minimum absolute atomic E-state index is 0.143. The summed E-state index contributed by atoms with van der Waals surface area (Å²) in [4.78, 5) is 10.5. The Morgan fingerprint density at radius 3 is 2.67 bits per heavy atom. The third kappa shape index (κ3) is 3.08. The zero-order chi connectivity index (χ0) is 11.4. The second-order valence-corrected chi connectivity index (χ2v) is 3.11. The molecule has 0 heterocycles. The first-order valence-corrected chi connectivity index (χ1v) is 4.22. The van der Waals surface area contributed by atoms with E-state index in [-0.39, 0.29) is 10.6 Å². The molecule has 0 bridgehead atoms. The summed E-state index contributed by atoms with van der Waals surface area (Å²) in [5, 5.41) is 17.2. The van der Waals surface area contributed by atoms with Gasteiger partial charge in [-0.2, -0.15) is 5.26 Å². The number of carboxylic acids is 1. The van der Waals surface area contributed by atoms with E-state index in [4.69, 9.17) is 22.0 Å². The van der Waals surface area contributed by atoms with Crippen LogP contribution in [0.5, 0.6) is 0 Å². The summed E-state index contributed by atoms with van der Waals surface area (Å²) in [6.07, 6.45) is 1.05. The standard InChI is InChI=1S/C10H5ClFNO2/c11-8-2-6(3-9(12)4-8)1-7(5-13)10(14)15/h1-4H,(H,14,15)/b7-1+. The lowest BCUT2D eigenvalue weighted by Gasteiger charge is -1.96. The average Bonchev–Trinajstić information content (AvgIpc) is 2.12. The molecular formula is C10H5ClFNO2. The first-order valence-electron chi connectivity index (χ1n) is 3.84. The summed E-state index contributed by atoms with van der Waals surface area (Å²) in [6, 6.07) is 5.03. The maximum absolute atomic E-state index is 12.8. The van der Waals surface area contributed by atoms with Crippen LogP contribution in [0.4, 0.5) is 4.39 Å². The summed E-state index contributed by atoms with van der Waals surface area (Å²) in [5.74, 6) is -1.95. The quantitative estimate of drug-likeness (QED) is 0.621. The Kier molecular flexibility index (Phi) is 3.42. The molecule has 0 unspecified atom stereocenters. The lowest BCUT2D eigenvalue weighted by atomic mass is 10.1. The Bertz CT molecular complexity index is 457. The molecule has 0 saturated heterocycles. The van der Waals surface area contributed by atoms with E-state index in [0.717, 1.165) is 18.2 Å². The van der Waals surface area contributed by atoms with Crippen molar-refractivity contribution in [1.82, 2.24) is 0 Å². The number of nitriles is 1. The summed E-state index contributed by atoms with van der Waals surface area (Å²) >= 11 is 5.56. The summed E-state index contributed by atoms with van der Waals surface area (Å²) < 4.78 is 12.8. The van der Waals surface area contributed by atoms with Crippen molar-refractivity contribution in [2.75, 3.05) is 0 Å². The number of carboxylic acid groups (broad SMARTS) is 1. The van der Waals surface area contributed by atoms with Gasteiger partial charge in [0.25, 0.3) is 0 Å². The molecule has 5 heteroatoms. The molecule has 3 nitrogen and oxygen atoms in total. The molecule has 0 radical (unpaired) electrons. The van der Waals surface area contributed by atoms with Gasteiger partial charge < -0.3 is 5.11 Å². The number of hydrogen-bond acceptors (Lipinski definition) is 2. The summed E-state index contributed by atoms with van der Waals surface area (Å²) in [5.41, 5.74) is -0.240. The summed E-state index contributed by atoms with van der Waals surface area (Å²) in [7, 11) is 0. The molecule has 0 atom stereocenters. The van der Waals surface area contributed by atoms with Crippen molar-refractivity contribution >= 4 is 23.6 Å². The molecule has 0 spiro atoms. The Labute approximate surface area is 90.0 Å². The van der Waals surface area contributed by atoms with Gasteiger partial charge in [-0.1, -0.05) is 11.6 Å². The third-order valence-corrected chi connectivity index (χ3v) is 1.76. The highest BCUT2D eigenvalue weighted by Gasteiger charge is 2.06. The van der Waals surface area contributed by atoms with E-state index < -0.39 is 17.4 Å². The van der Waals surface area contributed by atoms with E-state index in [1.165, 1.54) is 12.1 Å². The lowest BCUT2D eigenvalue weighted by molar-refractivity contribution is -0.132. The van der Waals surface area contributed by atoms with Crippen LogP contribution in [0, 0.1) is 17.1 Å². The molecule has 1 N–H and O–H groups in total. The second kappa shape index (κ2) is 4.58. The van der Waals surface area contributed by atoms with E-state index in [2.05, 4.69) is 0 Å². The molecule has 0 aliphatic heterocycles. The van der Waals surface area contributed by atoms with Crippen molar-refractivity contribution in [3.63, 3.8) is 0 Å². The SMILES string of the molecule is N#C/C(=C\c1cc(F)cc(Cl)c1)C(=O)O. The fraction of sp³-hybridized carbons (Fsp3) is 0. The number of rotatable bonds is 2. The minimum Gasteiger partial charge on any atom is -0.477 e. The molecule has 0 aromatic heterocycles. The van der Waals surface area contributed by atoms with Crippen LogP contribution >= 0.6 is 11.6 Å². The fourth-order valence-corrected chi connectivity index (χ4v) is 1.20. The van der Waals surface area contributed by atoms with E-state index in [1.54, 1.807) is 0 Å². The average molecular weight is 226 g/mol. The van der Waals surface area contributed by atoms with Gasteiger partial charge in [-0.3, -0.25) is 0 Å². The van der Waals surface area contributed by atoms with Gasteiger partial charge >= 0.3 is 5.97 Å². The van der Waals surface area contributed by atoms with Crippen LogP contribution in [0.3, 0.4) is 0 Å². The van der Waals surface area contributed by atoms with Crippen molar-refractivity contribution in [2.24, 2.45) is 0 Å². The van der Waals surface area contributed by atoms with Crippen LogP contribution in [0.15, 0.2) is 23.8 Å². The number of benzene rings is 1. The number of halogens is 2. The van der Waals surface area contributed by atoms with Gasteiger partial charge in [0, 0.05) is 5.02 Å². The Hall–Kier alpha value is -1.86. The van der Waals surface area contributed by atoms with E-state index in [0.29, 0.717) is 0 Å². The van der Waals surface area contributed by atoms with Gasteiger partial charge in [0.15, 0.2) is 0 Å². The Morgan fingerprint density at radius 2 is 2.20 bits per heavy atom. The van der Waals surface area contributed by atoms with Crippen LogP contribution in [0.2, 0.25) is 5.02 Å². The van der Waals surface area contributed by atoms with Crippen molar-refractivity contribution in [3.8, 4) is 6.07 Å². The van der Waals surface area contributed by atoms with Crippen molar-refractivity contribution < 1.29 is 14.3 Å². The van der Waals surface area contributed by atoms with Crippen LogP contribution in [0.25, 0.3) is 6.08 Å². The maximum Gasteiger partial charge on any atom is 0.346 e. The van der Waals surface area contributed by atoms with Crippen LogP contribution < -0.4 is 0 Å². The molecule has 1 aromatic rings. The number of aliphatic carboxylic acids is 1. The molecule has 15 heavy (non-hydrogen) atoms. The van der Waals surface area contributed by atoms with E-state index in [1.807, 2.05) is 0 Å². The smallest absolute Gasteiger partial charge is 0.346 e. The van der Waals surface area contributed by atoms with Crippen molar-refractivity contribution in [2.45, 2.75) is 0 Å². The van der Waals surface area contributed by atoms with Gasteiger partial charge in [0.1, 0.15) is 17.5 Å². The number of hydrogen-bond donors (Lipinski definition) is 1. The first-order chi connectivity index (χ1) is 7.02. The molecule has 0 amide bonds. The largest absolute Gasteiger partial charge is 0.477 e. The predicted octanol–water partition coefficient (Wildman–Crippen LogP) is 2.47. The molecule has 0 saturated carbocycles. The zero-order valence-electron chi connectivity index (χ0n) is 7.37. The monoisotopic (exact) mass is 225 g/mol. The highest BCUT2D eigenvalue weighted by molar-refractivity contribution is 6.30. The predicted molar refractivity (Wildman–Crippen MR) is 52.6 cm³/mol. The Balaban J connectivity index is 3.18. The molecule has 1 rings (SSSR count). The van der Waals surface area contributed by atoms with Gasteiger partial charge in [-0.05, 0) is 29.8 Å². The van der Waals surface area contributed by atoms with E-state index in [9.17, 15) is 9.18 Å². The van der Waals surface area contributed by atoms with Gasteiger partial charge in [0.05, 0.1) is 0 Å². The highest BCUT2D eigenvalue weighted by atomic mass is 35.5. The molecule has 0 fully saturated rings. The van der Waals surface area contributed by atoms with Gasteiger partial charge in [-0.25, -0.2) is 9.18 Å². The van der Waals surface area contributed by atoms with Crippen LogP contribution in [-0.2, 0) is 4.79 Å². The molecule has 1 aromatic carbocycles. The normalized spacial score (nSPS) is 10.9. The highest BCUT2D eigenvalue weighted by Crippen LogP contribution is 2.16. The van der Waals surface area contributed by atoms with Gasteiger partial charge in [0.2, 0.25) is 0 Å². The van der Waals surface area contributed by atoms with Crippen LogP contribution in [0.1, 0.15) is 5.56 Å². The molecule has 76 valence electrons. The van der Waals surface area contributed by atoms with Crippen LogP contribution in [-0.4, -0.2) is 11.1 Å². The zero-order valence-corrected chi connectivity index (χ0v) is 8.12. The molecule has 0 aliphatic rings. The first kappa shape index (κ1) is 11.2. The summed E-state index contributed by atoms with van der Waals surface area (Å²) in [6.45, 7) is 0. The number of nitrogens with zero attached hydrogens (tertiary/aromatic N) is 1. The number of carbonyl (C=O) groups is 1. The molecular weight excluding hydrogens is 221 g/mol. The molecule has 0 aliphatic carbocycles. The lowest BCUT2D eigenvalue weighted by Crippen LogP contribution is -1.97. The van der Waals surface area contributed by atoms with E-state index >= 15 is 0 Å². The van der Waals surface area contributed by atoms with Crippen molar-refractivity contribution in [3.05, 3.63) is 40.2 Å². The second-order valence-electron chi connectivity index (χ2n) is 2.68. The topological polar surface area (TPSA) is 61.1 Å². The fourth-order valence-electron chi connectivity index (χ4n) is 0.967. The maximum atomic E-state index is 12.8. The van der Waals surface area contributed by atoms with Crippen molar-refractivity contribution in [1.29, 1.82) is 5.26 Å².